The Hall–Kier alpha value is 0.0569. The molecule has 2 unspecified atom stereocenters. The van der Waals surface area contributed by atoms with Gasteiger partial charge in [-0.05, 0) is 12.8 Å². The number of rotatable bonds is 30. The van der Waals surface area contributed by atoms with Gasteiger partial charge < -0.3 is 21.1 Å². The first-order chi connectivity index (χ1) is 18.0. The molecule has 0 heterocycles. The van der Waals surface area contributed by atoms with Gasteiger partial charge in [0.25, 0.3) is 0 Å². The average molecular weight is 543 g/mol. The average Bonchev–Trinajstić information content (AvgIpc) is 2.89. The van der Waals surface area contributed by atoms with E-state index in [2.05, 4.69) is 13.8 Å². The Labute approximate surface area is 234 Å². The van der Waals surface area contributed by atoms with Crippen molar-refractivity contribution >= 4 is 8.56 Å². The predicted octanol–water partition coefficient (Wildman–Crippen LogP) is 9.11. The van der Waals surface area contributed by atoms with Crippen LogP contribution in [-0.2, 0) is 0 Å². The monoisotopic (exact) mass is 543 g/mol. The van der Waals surface area contributed by atoms with Gasteiger partial charge in [-0.15, -0.1) is 0 Å². The van der Waals surface area contributed by atoms with E-state index in [0.717, 1.165) is 25.7 Å². The third-order valence-corrected chi connectivity index (χ3v) is 11.1. The SMILES string of the molecule is CCCCCCCCCCCCCCCC(N)[Si](O)(O)C(N)CCCCCCCCCCCCCCC. The molecule has 0 rings (SSSR count). The zero-order valence-corrected chi connectivity index (χ0v) is 26.5. The Morgan fingerprint density at radius 1 is 0.378 bits per heavy atom. The first-order valence-corrected chi connectivity index (χ1v) is 19.0. The first-order valence-electron chi connectivity index (χ1n) is 16.9. The molecule has 2 atom stereocenters. The van der Waals surface area contributed by atoms with E-state index in [-0.39, 0.29) is 0 Å². The largest absolute Gasteiger partial charge is 0.409 e. The van der Waals surface area contributed by atoms with Crippen LogP contribution < -0.4 is 11.5 Å². The second kappa shape index (κ2) is 27.6. The highest BCUT2D eigenvalue weighted by Crippen LogP contribution is 2.18. The Balaban J connectivity index is 3.58. The van der Waals surface area contributed by atoms with Gasteiger partial charge in [0.05, 0.1) is 0 Å². The number of hydrogen-bond acceptors (Lipinski definition) is 4. The third-order valence-electron chi connectivity index (χ3n) is 8.33. The standard InChI is InChI=1S/C32H70N2O2Si/c1-3-5-7-9-11-13-15-17-19-21-23-25-27-29-31(33)37(35,36)32(34)30-28-26-24-22-20-18-16-14-12-10-8-6-4-2/h31-32,35-36H,3-30,33-34H2,1-2H3. The van der Waals surface area contributed by atoms with Crippen molar-refractivity contribution < 1.29 is 9.59 Å². The van der Waals surface area contributed by atoms with Crippen LogP contribution in [-0.4, -0.2) is 29.5 Å². The van der Waals surface area contributed by atoms with Crippen LogP contribution in [0.25, 0.3) is 0 Å². The van der Waals surface area contributed by atoms with Crippen molar-refractivity contribution in [2.45, 2.75) is 205 Å². The summed E-state index contributed by atoms with van der Waals surface area (Å²) in [5.41, 5.74) is 11.4. The van der Waals surface area contributed by atoms with Crippen molar-refractivity contribution in [3.8, 4) is 0 Å². The fourth-order valence-corrected chi connectivity index (χ4v) is 7.27. The van der Waals surface area contributed by atoms with Crippen molar-refractivity contribution in [1.82, 2.24) is 0 Å². The Morgan fingerprint density at radius 3 is 0.784 bits per heavy atom. The summed E-state index contributed by atoms with van der Waals surface area (Å²) in [5, 5.41) is 0. The zero-order valence-electron chi connectivity index (χ0n) is 25.5. The molecule has 0 amide bonds. The molecule has 0 bridgehead atoms. The van der Waals surface area contributed by atoms with Gasteiger partial charge in [0, 0.05) is 11.3 Å². The van der Waals surface area contributed by atoms with E-state index >= 15 is 0 Å². The van der Waals surface area contributed by atoms with Gasteiger partial charge in [0.15, 0.2) is 0 Å². The van der Waals surface area contributed by atoms with Crippen molar-refractivity contribution in [2.75, 3.05) is 0 Å². The first kappa shape index (κ1) is 37.1. The molecule has 0 saturated heterocycles. The van der Waals surface area contributed by atoms with Gasteiger partial charge in [-0.1, -0.05) is 181 Å². The molecule has 4 nitrogen and oxygen atoms in total. The molecule has 0 aromatic heterocycles. The van der Waals surface area contributed by atoms with Crippen molar-refractivity contribution in [2.24, 2.45) is 11.5 Å². The number of nitrogens with two attached hydrogens (primary N) is 2. The number of hydrogen-bond donors (Lipinski definition) is 4. The molecule has 6 N–H and O–H groups in total. The fraction of sp³-hybridized carbons (Fsp3) is 1.00. The highest BCUT2D eigenvalue weighted by molar-refractivity contribution is 6.68. The lowest BCUT2D eigenvalue weighted by molar-refractivity contribution is 0.308. The van der Waals surface area contributed by atoms with E-state index in [1.165, 1.54) is 141 Å². The summed E-state index contributed by atoms with van der Waals surface area (Å²) in [5.74, 6) is 0. The summed E-state index contributed by atoms with van der Waals surface area (Å²) in [6, 6.07) is 0. The summed E-state index contributed by atoms with van der Waals surface area (Å²) in [6.45, 7) is 4.55. The summed E-state index contributed by atoms with van der Waals surface area (Å²) in [6.07, 6.45) is 35.6. The maximum Gasteiger partial charge on any atom is 0.367 e. The normalized spacial score (nSPS) is 13.8. The van der Waals surface area contributed by atoms with Crippen LogP contribution in [0.15, 0.2) is 0 Å². The molecule has 224 valence electrons. The Bertz CT molecular complexity index is 413. The summed E-state index contributed by atoms with van der Waals surface area (Å²) in [4.78, 5) is 21.4. The molecule has 0 saturated carbocycles. The van der Waals surface area contributed by atoms with Crippen molar-refractivity contribution in [1.29, 1.82) is 0 Å². The van der Waals surface area contributed by atoms with Gasteiger partial charge in [0.1, 0.15) is 0 Å². The van der Waals surface area contributed by atoms with Crippen LogP contribution in [0.5, 0.6) is 0 Å². The van der Waals surface area contributed by atoms with Crippen LogP contribution in [0.1, 0.15) is 194 Å². The molecule has 0 aromatic carbocycles. The van der Waals surface area contributed by atoms with Gasteiger partial charge in [-0.3, -0.25) is 0 Å². The van der Waals surface area contributed by atoms with Crippen LogP contribution in [0, 0.1) is 0 Å². The van der Waals surface area contributed by atoms with E-state index in [1.807, 2.05) is 0 Å². The van der Waals surface area contributed by atoms with E-state index < -0.39 is 19.9 Å². The maximum absolute atomic E-state index is 10.7. The quantitative estimate of drug-likeness (QED) is 0.0538. The third kappa shape index (κ3) is 23.6. The van der Waals surface area contributed by atoms with Crippen molar-refractivity contribution in [3.05, 3.63) is 0 Å². The van der Waals surface area contributed by atoms with Gasteiger partial charge in [0.2, 0.25) is 0 Å². The fourth-order valence-electron chi connectivity index (χ4n) is 5.46. The zero-order chi connectivity index (χ0) is 27.5. The molecule has 0 spiro atoms. The van der Waals surface area contributed by atoms with E-state index in [9.17, 15) is 9.59 Å². The van der Waals surface area contributed by atoms with Crippen LogP contribution >= 0.6 is 0 Å². The summed E-state index contributed by atoms with van der Waals surface area (Å²) < 4.78 is 0. The molecule has 0 aliphatic carbocycles. The van der Waals surface area contributed by atoms with Crippen LogP contribution in [0.3, 0.4) is 0 Å². The smallest absolute Gasteiger partial charge is 0.367 e. The summed E-state index contributed by atoms with van der Waals surface area (Å²) in [7, 11) is -3.56. The van der Waals surface area contributed by atoms with E-state index in [4.69, 9.17) is 11.5 Å². The Kier molecular flexibility index (Phi) is 27.7. The topological polar surface area (TPSA) is 92.5 Å². The molecule has 37 heavy (non-hydrogen) atoms. The molecule has 0 fully saturated rings. The van der Waals surface area contributed by atoms with E-state index in [0.29, 0.717) is 12.8 Å². The van der Waals surface area contributed by atoms with E-state index in [1.54, 1.807) is 0 Å². The lowest BCUT2D eigenvalue weighted by Crippen LogP contribution is -2.65. The van der Waals surface area contributed by atoms with Gasteiger partial charge in [-0.25, -0.2) is 0 Å². The molecule has 0 aliphatic heterocycles. The molecular weight excluding hydrogens is 472 g/mol. The molecule has 0 aromatic rings. The maximum atomic E-state index is 10.7. The minimum absolute atomic E-state index is 0.516. The van der Waals surface area contributed by atoms with Gasteiger partial charge >= 0.3 is 8.56 Å². The molecule has 0 radical (unpaired) electrons. The molecule has 5 heteroatoms. The minimum atomic E-state index is -3.56. The lowest BCUT2D eigenvalue weighted by atomic mass is 10.0. The predicted molar refractivity (Wildman–Crippen MR) is 167 cm³/mol. The number of unbranched alkanes of at least 4 members (excludes halogenated alkanes) is 24. The highest BCUT2D eigenvalue weighted by atomic mass is 28.4. The van der Waals surface area contributed by atoms with Crippen LogP contribution in [0.4, 0.5) is 0 Å². The summed E-state index contributed by atoms with van der Waals surface area (Å²) >= 11 is 0. The molecular formula is C32H70N2O2Si. The second-order valence-electron chi connectivity index (χ2n) is 12.1. The lowest BCUT2D eigenvalue weighted by Gasteiger charge is -2.30. The second-order valence-corrected chi connectivity index (χ2v) is 15.1. The molecule has 0 aliphatic rings. The van der Waals surface area contributed by atoms with Crippen LogP contribution in [0.2, 0.25) is 0 Å². The van der Waals surface area contributed by atoms with Gasteiger partial charge in [-0.2, -0.15) is 0 Å². The Morgan fingerprint density at radius 2 is 0.568 bits per heavy atom. The van der Waals surface area contributed by atoms with Crippen molar-refractivity contribution in [3.63, 3.8) is 0 Å². The highest BCUT2D eigenvalue weighted by Gasteiger charge is 2.42. The minimum Gasteiger partial charge on any atom is -0.409 e.